The van der Waals surface area contributed by atoms with Crippen molar-refractivity contribution in [2.24, 2.45) is 5.73 Å². The zero-order valence-electron chi connectivity index (χ0n) is 18.7. The van der Waals surface area contributed by atoms with Gasteiger partial charge in [0.2, 0.25) is 5.91 Å². The molecule has 0 spiro atoms. The van der Waals surface area contributed by atoms with E-state index in [2.05, 4.69) is 11.4 Å². The van der Waals surface area contributed by atoms with Crippen LogP contribution in [0.5, 0.6) is 0 Å². The van der Waals surface area contributed by atoms with Crippen molar-refractivity contribution in [2.45, 2.75) is 56.7 Å². The number of amides is 2. The lowest BCUT2D eigenvalue weighted by molar-refractivity contribution is -0.127. The maximum Gasteiger partial charge on any atom is 0.254 e. The quantitative estimate of drug-likeness (QED) is 0.604. The van der Waals surface area contributed by atoms with Crippen LogP contribution in [0.15, 0.2) is 42.5 Å². The number of nitrogens with zero attached hydrogens (tertiary/aromatic N) is 2. The molecule has 7 nitrogen and oxygen atoms in total. The number of nitrogens with two attached hydrogens (primary N) is 1. The summed E-state index contributed by atoms with van der Waals surface area (Å²) < 4.78 is 0. The van der Waals surface area contributed by atoms with Crippen molar-refractivity contribution >= 4 is 11.8 Å². The molecule has 1 atom stereocenters. The number of fused-ring (bicyclic) bond motifs is 1. The van der Waals surface area contributed by atoms with Crippen molar-refractivity contribution in [3.63, 3.8) is 0 Å². The monoisotopic (exact) mass is 446 g/mol. The highest BCUT2D eigenvalue weighted by atomic mass is 16.3. The number of nitrogens with one attached hydrogen (secondary N) is 1. The standard InChI is InChI=1S/C26H30N4O3/c27-16-22(29-25(33)26(28)10-2-1-3-11-26)14-18-4-6-19(7-5-18)20-8-9-23-21(15-20)17-30(12-13-31)24(23)32/h4-9,15,22,31H,1-3,10-14,17,28H2,(H,29,33). The molecule has 1 unspecified atom stereocenters. The molecule has 1 aliphatic carbocycles. The lowest BCUT2D eigenvalue weighted by atomic mass is 9.81. The van der Waals surface area contributed by atoms with Crippen LogP contribution in [0.1, 0.15) is 53.6 Å². The van der Waals surface area contributed by atoms with E-state index in [1.165, 1.54) is 0 Å². The van der Waals surface area contributed by atoms with Gasteiger partial charge in [0.25, 0.3) is 5.91 Å². The van der Waals surface area contributed by atoms with E-state index in [0.29, 0.717) is 37.9 Å². The van der Waals surface area contributed by atoms with Gasteiger partial charge in [-0.25, -0.2) is 0 Å². The Balaban J connectivity index is 1.41. The van der Waals surface area contributed by atoms with E-state index in [0.717, 1.165) is 41.5 Å². The second-order valence-electron chi connectivity index (χ2n) is 9.10. The first-order valence-corrected chi connectivity index (χ1v) is 11.6. The van der Waals surface area contributed by atoms with E-state index in [4.69, 9.17) is 10.8 Å². The third-order valence-corrected chi connectivity index (χ3v) is 6.74. The maximum absolute atomic E-state index is 12.7. The summed E-state index contributed by atoms with van der Waals surface area (Å²) in [6.07, 6.45) is 4.72. The highest BCUT2D eigenvalue weighted by Gasteiger charge is 2.36. The molecule has 0 saturated heterocycles. The Labute approximate surface area is 194 Å². The van der Waals surface area contributed by atoms with Crippen LogP contribution in [0.3, 0.4) is 0 Å². The predicted molar refractivity (Wildman–Crippen MR) is 125 cm³/mol. The van der Waals surface area contributed by atoms with Crippen molar-refractivity contribution in [1.82, 2.24) is 10.2 Å². The SMILES string of the molecule is N#CC(Cc1ccc(-c2ccc3c(c2)CN(CCO)C3=O)cc1)NC(=O)C1(N)CCCCC1. The Morgan fingerprint density at radius 3 is 2.52 bits per heavy atom. The van der Waals surface area contributed by atoms with Crippen LogP contribution in [-0.2, 0) is 17.8 Å². The zero-order chi connectivity index (χ0) is 23.4. The van der Waals surface area contributed by atoms with Gasteiger partial charge in [0, 0.05) is 25.1 Å². The number of carbonyl (C=O) groups is 2. The third kappa shape index (κ3) is 4.92. The first kappa shape index (κ1) is 23.0. The summed E-state index contributed by atoms with van der Waals surface area (Å²) in [7, 11) is 0. The molecule has 2 aromatic rings. The van der Waals surface area contributed by atoms with Gasteiger partial charge in [0.05, 0.1) is 18.2 Å². The van der Waals surface area contributed by atoms with Gasteiger partial charge >= 0.3 is 0 Å². The van der Waals surface area contributed by atoms with Crippen LogP contribution >= 0.6 is 0 Å². The molecule has 1 fully saturated rings. The molecule has 1 saturated carbocycles. The van der Waals surface area contributed by atoms with Gasteiger partial charge in [-0.3, -0.25) is 9.59 Å². The van der Waals surface area contributed by atoms with E-state index in [9.17, 15) is 14.9 Å². The molecule has 0 bridgehead atoms. The van der Waals surface area contributed by atoms with E-state index in [1.807, 2.05) is 42.5 Å². The van der Waals surface area contributed by atoms with E-state index in [-0.39, 0.29) is 18.4 Å². The van der Waals surface area contributed by atoms with Crippen LogP contribution in [0, 0.1) is 11.3 Å². The number of hydrogen-bond donors (Lipinski definition) is 3. The Hall–Kier alpha value is -3.21. The molecule has 0 radical (unpaired) electrons. The van der Waals surface area contributed by atoms with Crippen LogP contribution in [0.25, 0.3) is 11.1 Å². The number of aliphatic hydroxyl groups is 1. The number of nitriles is 1. The Morgan fingerprint density at radius 2 is 1.85 bits per heavy atom. The van der Waals surface area contributed by atoms with Gasteiger partial charge in [0.15, 0.2) is 0 Å². The van der Waals surface area contributed by atoms with E-state index < -0.39 is 11.6 Å². The van der Waals surface area contributed by atoms with Crippen LogP contribution in [-0.4, -0.2) is 46.6 Å². The molecular weight excluding hydrogens is 416 g/mol. The lowest BCUT2D eigenvalue weighted by Crippen LogP contribution is -2.57. The van der Waals surface area contributed by atoms with Crippen molar-refractivity contribution in [3.8, 4) is 17.2 Å². The Bertz CT molecular complexity index is 1070. The molecule has 2 amide bonds. The summed E-state index contributed by atoms with van der Waals surface area (Å²) in [5.41, 5.74) is 10.0. The van der Waals surface area contributed by atoms with Crippen LogP contribution < -0.4 is 11.1 Å². The summed E-state index contributed by atoms with van der Waals surface area (Å²) >= 11 is 0. The first-order valence-electron chi connectivity index (χ1n) is 11.6. The summed E-state index contributed by atoms with van der Waals surface area (Å²) in [6.45, 7) is 0.788. The van der Waals surface area contributed by atoms with Crippen LogP contribution in [0.2, 0.25) is 0 Å². The molecule has 4 rings (SSSR count). The molecule has 1 aliphatic heterocycles. The summed E-state index contributed by atoms with van der Waals surface area (Å²) in [5, 5.41) is 21.6. The van der Waals surface area contributed by atoms with Crippen molar-refractivity contribution in [1.29, 1.82) is 5.26 Å². The predicted octanol–water partition coefficient (Wildman–Crippen LogP) is 2.51. The summed E-state index contributed by atoms with van der Waals surface area (Å²) in [4.78, 5) is 26.7. The topological polar surface area (TPSA) is 119 Å². The fourth-order valence-electron chi connectivity index (χ4n) is 4.77. The van der Waals surface area contributed by atoms with Gasteiger partial charge in [-0.2, -0.15) is 5.26 Å². The minimum atomic E-state index is -0.862. The number of hydrogen-bond acceptors (Lipinski definition) is 5. The molecule has 2 aromatic carbocycles. The molecule has 2 aliphatic rings. The van der Waals surface area contributed by atoms with Gasteiger partial charge < -0.3 is 21.1 Å². The number of benzene rings is 2. The average molecular weight is 447 g/mol. The normalized spacial score (nSPS) is 17.8. The highest BCUT2D eigenvalue weighted by Crippen LogP contribution is 2.29. The number of aliphatic hydroxyl groups excluding tert-OH is 1. The largest absolute Gasteiger partial charge is 0.395 e. The Morgan fingerprint density at radius 1 is 1.15 bits per heavy atom. The van der Waals surface area contributed by atoms with Gasteiger partial charge in [-0.15, -0.1) is 0 Å². The Kier molecular flexibility index (Phi) is 6.77. The number of rotatable bonds is 7. The number of carbonyl (C=O) groups excluding carboxylic acids is 2. The minimum Gasteiger partial charge on any atom is -0.395 e. The second-order valence-corrected chi connectivity index (χ2v) is 9.10. The molecule has 0 aromatic heterocycles. The van der Waals surface area contributed by atoms with E-state index in [1.54, 1.807) is 4.90 Å². The van der Waals surface area contributed by atoms with Crippen molar-refractivity contribution < 1.29 is 14.7 Å². The van der Waals surface area contributed by atoms with Crippen LogP contribution in [0.4, 0.5) is 0 Å². The van der Waals surface area contributed by atoms with Gasteiger partial charge in [-0.05, 0) is 47.2 Å². The molecule has 7 heteroatoms. The first-order chi connectivity index (χ1) is 15.9. The minimum absolute atomic E-state index is 0.0435. The van der Waals surface area contributed by atoms with Gasteiger partial charge in [0.1, 0.15) is 6.04 Å². The molecule has 4 N–H and O–H groups in total. The molecule has 172 valence electrons. The fraction of sp³-hybridized carbons (Fsp3) is 0.423. The highest BCUT2D eigenvalue weighted by molar-refractivity contribution is 5.99. The maximum atomic E-state index is 12.7. The average Bonchev–Trinajstić information content (AvgIpc) is 3.14. The molecule has 1 heterocycles. The molecule has 33 heavy (non-hydrogen) atoms. The smallest absolute Gasteiger partial charge is 0.254 e. The van der Waals surface area contributed by atoms with Crippen molar-refractivity contribution in [3.05, 3.63) is 59.2 Å². The van der Waals surface area contributed by atoms with Crippen molar-refractivity contribution in [2.75, 3.05) is 13.2 Å². The lowest BCUT2D eigenvalue weighted by Gasteiger charge is -2.32. The third-order valence-electron chi connectivity index (χ3n) is 6.74. The zero-order valence-corrected chi connectivity index (χ0v) is 18.7. The van der Waals surface area contributed by atoms with E-state index >= 15 is 0 Å². The number of β-amino-alcohol motifs (C(OH)–C–C–N with tert-alkyl or cyclic N) is 1. The summed E-state index contributed by atoms with van der Waals surface area (Å²) in [5.74, 6) is -0.272. The van der Waals surface area contributed by atoms with Gasteiger partial charge in [-0.1, -0.05) is 49.6 Å². The summed E-state index contributed by atoms with van der Waals surface area (Å²) in [6, 6.07) is 15.2. The molecular formula is C26H30N4O3. The fourth-order valence-corrected chi connectivity index (χ4v) is 4.77. The second kappa shape index (κ2) is 9.74.